The van der Waals surface area contributed by atoms with E-state index in [9.17, 15) is 13.2 Å². The van der Waals surface area contributed by atoms with Crippen LogP contribution >= 0.6 is 0 Å². The molecule has 4 saturated carbocycles. The SMILES string of the molecule is C[Si](C)(C)OC1(C(F)(F)F)C2CC3C(C2)C31. The quantitative estimate of drug-likeness (QED) is 0.682. The first kappa shape index (κ1) is 11.1. The fraction of sp³-hybridized carbons (Fsp3) is 1.00. The molecule has 0 amide bonds. The van der Waals surface area contributed by atoms with Crippen LogP contribution in [0.25, 0.3) is 0 Å². The monoisotopic (exact) mass is 250 g/mol. The summed E-state index contributed by atoms with van der Waals surface area (Å²) in [4.78, 5) is 0. The molecule has 0 radical (unpaired) electrons. The van der Waals surface area contributed by atoms with Crippen LogP contribution in [0.2, 0.25) is 19.6 Å². The van der Waals surface area contributed by atoms with E-state index in [1.165, 1.54) is 0 Å². The second kappa shape index (κ2) is 2.69. The summed E-state index contributed by atoms with van der Waals surface area (Å²) < 4.78 is 45.9. The average molecular weight is 250 g/mol. The maximum atomic E-state index is 13.4. The van der Waals surface area contributed by atoms with Crippen molar-refractivity contribution in [2.75, 3.05) is 0 Å². The van der Waals surface area contributed by atoms with E-state index in [1.807, 2.05) is 19.6 Å². The molecular formula is C11H17F3OSi. The van der Waals surface area contributed by atoms with Crippen LogP contribution in [-0.2, 0) is 4.43 Å². The Morgan fingerprint density at radius 2 is 1.62 bits per heavy atom. The van der Waals surface area contributed by atoms with Gasteiger partial charge in [0.15, 0.2) is 13.9 Å². The van der Waals surface area contributed by atoms with Gasteiger partial charge in [-0.15, -0.1) is 0 Å². The maximum absolute atomic E-state index is 13.4. The molecule has 0 spiro atoms. The molecule has 5 heteroatoms. The Labute approximate surface area is 94.5 Å². The lowest BCUT2D eigenvalue weighted by Gasteiger charge is -2.40. The van der Waals surface area contributed by atoms with Gasteiger partial charge in [0.1, 0.15) is 0 Å². The van der Waals surface area contributed by atoms with Crippen molar-refractivity contribution in [2.45, 2.75) is 44.3 Å². The normalized spacial score (nSPS) is 49.9. The number of rotatable bonds is 2. The topological polar surface area (TPSA) is 9.23 Å². The van der Waals surface area contributed by atoms with Gasteiger partial charge in [0.25, 0.3) is 0 Å². The predicted molar refractivity (Wildman–Crippen MR) is 56.4 cm³/mol. The molecule has 0 aromatic carbocycles. The van der Waals surface area contributed by atoms with Gasteiger partial charge in [-0.2, -0.15) is 13.2 Å². The van der Waals surface area contributed by atoms with Gasteiger partial charge >= 0.3 is 6.18 Å². The van der Waals surface area contributed by atoms with E-state index in [0.717, 1.165) is 12.8 Å². The number of halogens is 3. The Morgan fingerprint density at radius 3 is 1.88 bits per heavy atom. The molecule has 0 heterocycles. The molecule has 1 nitrogen and oxygen atoms in total. The van der Waals surface area contributed by atoms with E-state index in [-0.39, 0.29) is 11.8 Å². The molecule has 4 aliphatic rings. The highest BCUT2D eigenvalue weighted by atomic mass is 28.4. The highest BCUT2D eigenvalue weighted by molar-refractivity contribution is 6.69. The predicted octanol–water partition coefficient (Wildman–Crippen LogP) is 3.42. The van der Waals surface area contributed by atoms with Crippen molar-refractivity contribution in [1.29, 1.82) is 0 Å². The first-order chi connectivity index (χ1) is 7.17. The Morgan fingerprint density at radius 1 is 1.12 bits per heavy atom. The summed E-state index contributed by atoms with van der Waals surface area (Å²) in [6.45, 7) is 5.56. The minimum absolute atomic E-state index is 0.204. The second-order valence-corrected chi connectivity index (χ2v) is 11.0. The molecule has 0 aliphatic heterocycles. The molecule has 0 N–H and O–H groups in total. The van der Waals surface area contributed by atoms with E-state index in [4.69, 9.17) is 4.43 Å². The van der Waals surface area contributed by atoms with Crippen LogP contribution in [0.1, 0.15) is 12.8 Å². The van der Waals surface area contributed by atoms with E-state index >= 15 is 0 Å². The molecule has 3 unspecified atom stereocenters. The summed E-state index contributed by atoms with van der Waals surface area (Å²) in [5.74, 6) is 0.189. The van der Waals surface area contributed by atoms with Crippen LogP contribution in [0.5, 0.6) is 0 Å². The number of hydrogen-bond donors (Lipinski definition) is 0. The van der Waals surface area contributed by atoms with Crippen LogP contribution in [0.3, 0.4) is 0 Å². The third-order valence-corrected chi connectivity index (χ3v) is 5.41. The van der Waals surface area contributed by atoms with Crippen LogP contribution in [-0.4, -0.2) is 20.1 Å². The Kier molecular flexibility index (Phi) is 1.86. The zero-order valence-electron chi connectivity index (χ0n) is 9.77. The number of alkyl halides is 3. The summed E-state index contributed by atoms with van der Waals surface area (Å²) in [5, 5.41) is 0. The molecular weight excluding hydrogens is 233 g/mol. The third-order valence-electron chi connectivity index (χ3n) is 4.46. The molecule has 4 fully saturated rings. The summed E-state index contributed by atoms with van der Waals surface area (Å²) in [6.07, 6.45) is -2.68. The van der Waals surface area contributed by atoms with Crippen molar-refractivity contribution in [3.05, 3.63) is 0 Å². The van der Waals surface area contributed by atoms with Crippen molar-refractivity contribution in [2.24, 2.45) is 23.7 Å². The standard InChI is InChI=1S/C11H17F3OSi/c1-16(2,3)15-10(11(12,13)14)6-4-7-8(5-6)9(7)10/h6-9H,4-5H2,1-3H3. The fourth-order valence-electron chi connectivity index (χ4n) is 4.24. The molecule has 4 rings (SSSR count). The molecule has 4 bridgehead atoms. The molecule has 0 aromatic heterocycles. The van der Waals surface area contributed by atoms with E-state index in [0.29, 0.717) is 11.8 Å². The maximum Gasteiger partial charge on any atom is 0.416 e. The van der Waals surface area contributed by atoms with Gasteiger partial charge in [0, 0.05) is 5.92 Å². The Bertz CT molecular complexity index is 319. The Balaban J connectivity index is 1.98. The average Bonchev–Trinajstić information content (AvgIpc) is 2.42. The van der Waals surface area contributed by atoms with Gasteiger partial charge in [-0.3, -0.25) is 0 Å². The molecule has 92 valence electrons. The summed E-state index contributed by atoms with van der Waals surface area (Å²) in [5.41, 5.74) is -1.76. The zero-order valence-corrected chi connectivity index (χ0v) is 10.8. The highest BCUT2D eigenvalue weighted by Crippen LogP contribution is 2.79. The van der Waals surface area contributed by atoms with Crippen LogP contribution in [0.15, 0.2) is 0 Å². The van der Waals surface area contributed by atoms with Gasteiger partial charge in [0.05, 0.1) is 0 Å². The lowest BCUT2D eigenvalue weighted by Crippen LogP contribution is -2.56. The first-order valence-corrected chi connectivity index (χ1v) is 9.34. The third kappa shape index (κ3) is 1.16. The molecule has 16 heavy (non-hydrogen) atoms. The number of hydrogen-bond acceptors (Lipinski definition) is 1. The van der Waals surface area contributed by atoms with E-state index in [1.54, 1.807) is 0 Å². The van der Waals surface area contributed by atoms with Crippen LogP contribution < -0.4 is 0 Å². The molecule has 3 atom stereocenters. The van der Waals surface area contributed by atoms with Crippen molar-refractivity contribution in [1.82, 2.24) is 0 Å². The van der Waals surface area contributed by atoms with Crippen LogP contribution in [0, 0.1) is 23.7 Å². The largest absolute Gasteiger partial charge is 0.416 e. The second-order valence-electron chi connectivity index (χ2n) is 6.53. The van der Waals surface area contributed by atoms with Gasteiger partial charge in [0.2, 0.25) is 0 Å². The molecule has 0 aromatic rings. The zero-order chi connectivity index (χ0) is 11.9. The Hall–Kier alpha value is -0.0331. The fourth-order valence-corrected chi connectivity index (χ4v) is 5.67. The van der Waals surface area contributed by atoms with Gasteiger partial charge in [-0.05, 0) is 50.2 Å². The first-order valence-electron chi connectivity index (χ1n) is 5.94. The van der Waals surface area contributed by atoms with Gasteiger partial charge < -0.3 is 4.43 Å². The highest BCUT2D eigenvalue weighted by Gasteiger charge is 2.84. The van der Waals surface area contributed by atoms with Gasteiger partial charge in [-0.1, -0.05) is 0 Å². The van der Waals surface area contributed by atoms with E-state index in [2.05, 4.69) is 0 Å². The lowest BCUT2D eigenvalue weighted by molar-refractivity contribution is -0.266. The summed E-state index contributed by atoms with van der Waals surface area (Å²) in [6, 6.07) is 0. The van der Waals surface area contributed by atoms with E-state index < -0.39 is 20.1 Å². The summed E-state index contributed by atoms with van der Waals surface area (Å²) in [7, 11) is -2.15. The minimum Gasteiger partial charge on any atom is -0.403 e. The minimum atomic E-state index is -4.18. The van der Waals surface area contributed by atoms with Gasteiger partial charge in [-0.25, -0.2) is 0 Å². The van der Waals surface area contributed by atoms with Crippen molar-refractivity contribution >= 4 is 8.32 Å². The summed E-state index contributed by atoms with van der Waals surface area (Å²) >= 11 is 0. The molecule has 0 saturated heterocycles. The molecule has 4 aliphatic carbocycles. The van der Waals surface area contributed by atoms with Crippen molar-refractivity contribution in [3.8, 4) is 0 Å². The van der Waals surface area contributed by atoms with Crippen molar-refractivity contribution < 1.29 is 17.6 Å². The van der Waals surface area contributed by atoms with Crippen molar-refractivity contribution in [3.63, 3.8) is 0 Å². The lowest BCUT2D eigenvalue weighted by atomic mass is 9.92. The smallest absolute Gasteiger partial charge is 0.403 e. The van der Waals surface area contributed by atoms with Crippen LogP contribution in [0.4, 0.5) is 13.2 Å².